The van der Waals surface area contributed by atoms with Crippen molar-refractivity contribution < 1.29 is 8.42 Å². The summed E-state index contributed by atoms with van der Waals surface area (Å²) >= 11 is 0. The molecule has 0 saturated carbocycles. The van der Waals surface area contributed by atoms with Gasteiger partial charge in [0, 0.05) is 25.5 Å². The average molecular weight is 254 g/mol. The molecule has 1 aromatic rings. The first kappa shape index (κ1) is 13.4. The lowest BCUT2D eigenvalue weighted by Crippen LogP contribution is -2.26. The van der Waals surface area contributed by atoms with Gasteiger partial charge >= 0.3 is 0 Å². The Bertz CT molecular complexity index is 548. The Labute approximate surface area is 101 Å². The number of nitriles is 1. The van der Waals surface area contributed by atoms with Crippen LogP contribution < -0.4 is 4.90 Å². The number of hydrogen-bond acceptors (Lipinski definition) is 6. The van der Waals surface area contributed by atoms with Crippen molar-refractivity contribution in [2.45, 2.75) is 6.92 Å². The minimum Gasteiger partial charge on any atom is -0.343 e. The molecule has 0 fully saturated rings. The molecule has 1 rings (SSSR count). The van der Waals surface area contributed by atoms with Crippen LogP contribution in [0.5, 0.6) is 0 Å². The van der Waals surface area contributed by atoms with Crippen molar-refractivity contribution in [3.05, 3.63) is 17.5 Å². The molecule has 0 aromatic carbocycles. The van der Waals surface area contributed by atoms with Crippen LogP contribution in [-0.4, -0.2) is 44.0 Å². The summed E-state index contributed by atoms with van der Waals surface area (Å²) in [6, 6.07) is 3.52. The molecule has 92 valence electrons. The standard InChI is InChI=1S/C10H14N4O2S/c1-8-6-9(7-11)13-10(12-8)14(2)4-5-17(3,15)16/h6H,4-5H2,1-3H3. The van der Waals surface area contributed by atoms with E-state index in [0.29, 0.717) is 18.2 Å². The highest BCUT2D eigenvalue weighted by Gasteiger charge is 2.10. The van der Waals surface area contributed by atoms with Crippen LogP contribution in [0.25, 0.3) is 0 Å². The summed E-state index contributed by atoms with van der Waals surface area (Å²) in [7, 11) is -1.32. The van der Waals surface area contributed by atoms with Gasteiger partial charge in [-0.25, -0.2) is 18.4 Å². The van der Waals surface area contributed by atoms with E-state index >= 15 is 0 Å². The lowest BCUT2D eigenvalue weighted by atomic mass is 10.3. The number of sulfone groups is 1. The molecule has 0 spiro atoms. The Hall–Kier alpha value is -1.68. The molecule has 0 bridgehead atoms. The van der Waals surface area contributed by atoms with Crippen molar-refractivity contribution in [1.29, 1.82) is 5.26 Å². The summed E-state index contributed by atoms with van der Waals surface area (Å²) in [5.41, 5.74) is 0.955. The topological polar surface area (TPSA) is 87.0 Å². The summed E-state index contributed by atoms with van der Waals surface area (Å²) in [6.45, 7) is 2.06. The van der Waals surface area contributed by atoms with E-state index in [1.54, 1.807) is 24.9 Å². The van der Waals surface area contributed by atoms with Crippen LogP contribution in [0.4, 0.5) is 5.95 Å². The third kappa shape index (κ3) is 4.36. The third-order valence-corrected chi connectivity index (χ3v) is 3.02. The van der Waals surface area contributed by atoms with Crippen LogP contribution in [0, 0.1) is 18.3 Å². The van der Waals surface area contributed by atoms with Gasteiger partial charge in [0.15, 0.2) is 0 Å². The van der Waals surface area contributed by atoms with E-state index < -0.39 is 9.84 Å². The number of nitrogens with zero attached hydrogens (tertiary/aromatic N) is 4. The molecular formula is C10H14N4O2S. The second-order valence-electron chi connectivity index (χ2n) is 3.86. The molecule has 7 heteroatoms. The van der Waals surface area contributed by atoms with E-state index in [-0.39, 0.29) is 11.4 Å². The van der Waals surface area contributed by atoms with Crippen molar-refractivity contribution in [3.8, 4) is 6.07 Å². The molecule has 0 atom stereocenters. The van der Waals surface area contributed by atoms with Gasteiger partial charge in [-0.3, -0.25) is 0 Å². The molecule has 0 aliphatic rings. The normalized spacial score (nSPS) is 10.9. The van der Waals surface area contributed by atoms with Crippen LogP contribution in [0.2, 0.25) is 0 Å². The summed E-state index contributed by atoms with van der Waals surface area (Å²) in [6.07, 6.45) is 1.18. The molecular weight excluding hydrogens is 240 g/mol. The molecule has 6 nitrogen and oxygen atoms in total. The molecule has 0 saturated heterocycles. The predicted octanol–water partition coefficient (Wildman–Crippen LogP) is 0.138. The van der Waals surface area contributed by atoms with E-state index in [1.165, 1.54) is 6.26 Å². The maximum atomic E-state index is 11.0. The third-order valence-electron chi connectivity index (χ3n) is 2.10. The van der Waals surface area contributed by atoms with Crippen LogP contribution in [-0.2, 0) is 9.84 Å². The first-order chi connectivity index (χ1) is 7.81. The van der Waals surface area contributed by atoms with Crippen molar-refractivity contribution in [2.24, 2.45) is 0 Å². The summed E-state index contributed by atoms with van der Waals surface area (Å²) in [4.78, 5) is 9.78. The Morgan fingerprint density at radius 1 is 1.47 bits per heavy atom. The fraction of sp³-hybridized carbons (Fsp3) is 0.500. The van der Waals surface area contributed by atoms with Gasteiger partial charge in [0.1, 0.15) is 21.6 Å². The predicted molar refractivity (Wildman–Crippen MR) is 64.5 cm³/mol. The molecule has 1 heterocycles. The van der Waals surface area contributed by atoms with Gasteiger partial charge < -0.3 is 4.90 Å². The fourth-order valence-electron chi connectivity index (χ4n) is 1.18. The van der Waals surface area contributed by atoms with Gasteiger partial charge in [0.2, 0.25) is 5.95 Å². The molecule has 0 aliphatic carbocycles. The highest BCUT2D eigenvalue weighted by Crippen LogP contribution is 2.08. The average Bonchev–Trinajstić information content (AvgIpc) is 2.23. The number of hydrogen-bond donors (Lipinski definition) is 0. The summed E-state index contributed by atoms with van der Waals surface area (Å²) in [5.74, 6) is 0.396. The molecule has 0 unspecified atom stereocenters. The smallest absolute Gasteiger partial charge is 0.226 e. The fourth-order valence-corrected chi connectivity index (χ4v) is 1.79. The summed E-state index contributed by atoms with van der Waals surface area (Å²) < 4.78 is 22.1. The van der Waals surface area contributed by atoms with Gasteiger partial charge in [-0.15, -0.1) is 0 Å². The van der Waals surface area contributed by atoms with Crippen LogP contribution in [0.3, 0.4) is 0 Å². The second-order valence-corrected chi connectivity index (χ2v) is 6.12. The van der Waals surface area contributed by atoms with Crippen molar-refractivity contribution in [1.82, 2.24) is 9.97 Å². The molecule has 1 aromatic heterocycles. The monoisotopic (exact) mass is 254 g/mol. The van der Waals surface area contributed by atoms with Gasteiger partial charge in [-0.05, 0) is 13.0 Å². The quantitative estimate of drug-likeness (QED) is 0.759. The number of anilines is 1. The molecule has 0 amide bonds. The molecule has 0 radical (unpaired) electrons. The highest BCUT2D eigenvalue weighted by atomic mass is 32.2. The van der Waals surface area contributed by atoms with Gasteiger partial charge in [0.05, 0.1) is 5.75 Å². The van der Waals surface area contributed by atoms with Gasteiger partial charge in [-0.1, -0.05) is 0 Å². The van der Waals surface area contributed by atoms with Gasteiger partial charge in [0.25, 0.3) is 0 Å². The largest absolute Gasteiger partial charge is 0.343 e. The first-order valence-corrected chi connectivity index (χ1v) is 7.02. The number of aromatic nitrogens is 2. The van der Waals surface area contributed by atoms with Crippen molar-refractivity contribution >= 4 is 15.8 Å². The summed E-state index contributed by atoms with van der Waals surface area (Å²) in [5, 5.41) is 8.77. The maximum absolute atomic E-state index is 11.0. The van der Waals surface area contributed by atoms with E-state index in [2.05, 4.69) is 9.97 Å². The Morgan fingerprint density at radius 3 is 2.65 bits per heavy atom. The molecule has 17 heavy (non-hydrogen) atoms. The van der Waals surface area contributed by atoms with Crippen LogP contribution in [0.15, 0.2) is 6.07 Å². The zero-order chi connectivity index (χ0) is 13.1. The minimum atomic E-state index is -3.02. The maximum Gasteiger partial charge on any atom is 0.226 e. The van der Waals surface area contributed by atoms with Crippen molar-refractivity contribution in [2.75, 3.05) is 30.5 Å². The van der Waals surface area contributed by atoms with E-state index in [4.69, 9.17) is 5.26 Å². The highest BCUT2D eigenvalue weighted by molar-refractivity contribution is 7.90. The first-order valence-electron chi connectivity index (χ1n) is 4.96. The lowest BCUT2D eigenvalue weighted by Gasteiger charge is -2.16. The van der Waals surface area contributed by atoms with E-state index in [9.17, 15) is 8.42 Å². The van der Waals surface area contributed by atoms with Gasteiger partial charge in [-0.2, -0.15) is 5.26 Å². The lowest BCUT2D eigenvalue weighted by molar-refractivity contribution is 0.601. The van der Waals surface area contributed by atoms with Crippen molar-refractivity contribution in [3.63, 3.8) is 0 Å². The molecule has 0 N–H and O–H groups in total. The number of rotatable bonds is 4. The van der Waals surface area contributed by atoms with E-state index in [0.717, 1.165) is 0 Å². The second kappa shape index (κ2) is 5.10. The van der Waals surface area contributed by atoms with Crippen LogP contribution >= 0.6 is 0 Å². The molecule has 0 aliphatic heterocycles. The SMILES string of the molecule is Cc1cc(C#N)nc(N(C)CCS(C)(=O)=O)n1. The van der Waals surface area contributed by atoms with E-state index in [1.807, 2.05) is 6.07 Å². The van der Waals surface area contributed by atoms with Crippen LogP contribution in [0.1, 0.15) is 11.4 Å². The minimum absolute atomic E-state index is 0.0304. The zero-order valence-corrected chi connectivity index (χ0v) is 10.8. The zero-order valence-electron chi connectivity index (χ0n) is 10.0. The Kier molecular flexibility index (Phi) is 4.02. The number of aryl methyl sites for hydroxylation is 1. The Morgan fingerprint density at radius 2 is 2.12 bits per heavy atom. The Balaban J connectivity index is 2.86.